The largest absolute Gasteiger partial charge is 0.508 e. The summed E-state index contributed by atoms with van der Waals surface area (Å²) in [4.78, 5) is 1.78. The lowest BCUT2D eigenvalue weighted by Crippen LogP contribution is -2.12. The first-order valence-corrected chi connectivity index (χ1v) is 10.3. The number of para-hydroxylation sites is 4. The quantitative estimate of drug-likeness (QED) is 0.320. The summed E-state index contributed by atoms with van der Waals surface area (Å²) in [6.07, 6.45) is 0. The second kappa shape index (κ2) is 8.55. The average molecular weight is 428 g/mol. The minimum absolute atomic E-state index is 0.108. The smallest absolute Gasteiger partial charge is 0.151 e. The Morgan fingerprint density at radius 2 is 1.06 bits per heavy atom. The van der Waals surface area contributed by atoms with E-state index in [2.05, 4.69) is 0 Å². The van der Waals surface area contributed by atoms with Crippen LogP contribution in [0.5, 0.6) is 28.7 Å². The average Bonchev–Trinajstić information content (AvgIpc) is 2.78. The van der Waals surface area contributed by atoms with Gasteiger partial charge in [-0.05, 0) is 68.3 Å². The van der Waals surface area contributed by atoms with E-state index in [-0.39, 0.29) is 17.2 Å². The number of hydrogen-bond donors (Lipinski definition) is 3. The third-order valence-electron chi connectivity index (χ3n) is 5.50. The molecule has 0 amide bonds. The van der Waals surface area contributed by atoms with Crippen LogP contribution in [-0.4, -0.2) is 15.3 Å². The monoisotopic (exact) mass is 427 g/mol. The zero-order valence-corrected chi connectivity index (χ0v) is 18.2. The van der Waals surface area contributed by atoms with Gasteiger partial charge in [0.15, 0.2) is 5.75 Å². The van der Waals surface area contributed by atoms with Crippen molar-refractivity contribution in [1.82, 2.24) is 0 Å². The Bertz CT molecular complexity index is 1230. The second-order valence-electron chi connectivity index (χ2n) is 7.69. The molecular formula is C27H25NO4. The van der Waals surface area contributed by atoms with Gasteiger partial charge in [-0.1, -0.05) is 42.5 Å². The van der Waals surface area contributed by atoms with Crippen molar-refractivity contribution in [2.45, 2.75) is 20.8 Å². The lowest BCUT2D eigenvalue weighted by atomic mass is 10.1. The van der Waals surface area contributed by atoms with Crippen LogP contribution in [-0.2, 0) is 0 Å². The highest BCUT2D eigenvalue weighted by Crippen LogP contribution is 2.48. The highest BCUT2D eigenvalue weighted by Gasteiger charge is 2.23. The van der Waals surface area contributed by atoms with Gasteiger partial charge in [-0.15, -0.1) is 0 Å². The van der Waals surface area contributed by atoms with E-state index >= 15 is 0 Å². The van der Waals surface area contributed by atoms with E-state index in [9.17, 15) is 15.3 Å². The molecule has 5 nitrogen and oxygen atoms in total. The van der Waals surface area contributed by atoms with Gasteiger partial charge in [0.25, 0.3) is 0 Å². The molecule has 4 rings (SSSR count). The lowest BCUT2D eigenvalue weighted by molar-refractivity contribution is 0.448. The summed E-state index contributed by atoms with van der Waals surface area (Å²) < 4.78 is 6.22. The van der Waals surface area contributed by atoms with Crippen molar-refractivity contribution in [3.63, 3.8) is 0 Å². The maximum absolute atomic E-state index is 10.9. The minimum Gasteiger partial charge on any atom is -0.508 e. The van der Waals surface area contributed by atoms with Crippen LogP contribution >= 0.6 is 0 Å². The van der Waals surface area contributed by atoms with Gasteiger partial charge in [-0.2, -0.15) is 0 Å². The van der Waals surface area contributed by atoms with E-state index in [0.29, 0.717) is 45.3 Å². The predicted molar refractivity (Wildman–Crippen MR) is 127 cm³/mol. The zero-order valence-electron chi connectivity index (χ0n) is 18.2. The first-order chi connectivity index (χ1) is 15.4. The zero-order chi connectivity index (χ0) is 22.8. The van der Waals surface area contributed by atoms with Crippen LogP contribution in [0, 0.1) is 20.8 Å². The fourth-order valence-electron chi connectivity index (χ4n) is 3.60. The highest BCUT2D eigenvalue weighted by atomic mass is 16.5. The summed E-state index contributed by atoms with van der Waals surface area (Å²) in [5.74, 6) is 1.38. The van der Waals surface area contributed by atoms with Crippen LogP contribution in [0.25, 0.3) is 0 Å². The summed E-state index contributed by atoms with van der Waals surface area (Å²) in [5.41, 5.74) is 3.68. The summed E-state index contributed by atoms with van der Waals surface area (Å²) in [5, 5.41) is 31.9. The van der Waals surface area contributed by atoms with Crippen LogP contribution in [0.1, 0.15) is 16.7 Å². The Kier molecular flexibility index (Phi) is 5.65. The molecule has 3 N–H and O–H groups in total. The molecule has 0 unspecified atom stereocenters. The fourth-order valence-corrected chi connectivity index (χ4v) is 3.60. The minimum atomic E-state index is 0.108. The molecule has 32 heavy (non-hydrogen) atoms. The number of phenols is 3. The fraction of sp³-hybridized carbons (Fsp3) is 0.111. The molecule has 0 aromatic heterocycles. The Morgan fingerprint density at radius 3 is 1.69 bits per heavy atom. The van der Waals surface area contributed by atoms with Crippen molar-refractivity contribution < 1.29 is 20.1 Å². The first kappa shape index (κ1) is 21.1. The van der Waals surface area contributed by atoms with Crippen LogP contribution in [0.15, 0.2) is 78.9 Å². The number of ether oxygens (including phenoxy) is 1. The summed E-state index contributed by atoms with van der Waals surface area (Å²) >= 11 is 0. The van der Waals surface area contributed by atoms with Gasteiger partial charge in [-0.3, -0.25) is 4.90 Å². The topological polar surface area (TPSA) is 73.2 Å². The Labute approximate surface area is 187 Å². The van der Waals surface area contributed by atoms with E-state index in [4.69, 9.17) is 4.74 Å². The van der Waals surface area contributed by atoms with Gasteiger partial charge in [0, 0.05) is 5.56 Å². The maximum Gasteiger partial charge on any atom is 0.151 e. The van der Waals surface area contributed by atoms with Crippen molar-refractivity contribution in [1.29, 1.82) is 0 Å². The number of hydrogen-bond acceptors (Lipinski definition) is 5. The van der Waals surface area contributed by atoms with Crippen molar-refractivity contribution >= 4 is 17.1 Å². The molecule has 0 heterocycles. The molecule has 0 radical (unpaired) electrons. The molecule has 0 spiro atoms. The molecule has 162 valence electrons. The van der Waals surface area contributed by atoms with E-state index < -0.39 is 0 Å². The number of aromatic hydroxyl groups is 3. The maximum atomic E-state index is 10.9. The van der Waals surface area contributed by atoms with Crippen molar-refractivity contribution in [3.05, 3.63) is 95.6 Å². The number of benzene rings is 4. The summed E-state index contributed by atoms with van der Waals surface area (Å²) in [7, 11) is 0. The van der Waals surface area contributed by atoms with E-state index in [1.165, 1.54) is 0 Å². The molecule has 0 atom stereocenters. The summed E-state index contributed by atoms with van der Waals surface area (Å²) in [6.45, 7) is 5.43. The van der Waals surface area contributed by atoms with Gasteiger partial charge < -0.3 is 20.1 Å². The Morgan fingerprint density at radius 1 is 0.562 bits per heavy atom. The summed E-state index contributed by atoms with van der Waals surface area (Å²) in [6, 6.07) is 23.4. The lowest BCUT2D eigenvalue weighted by Gasteiger charge is -2.29. The third-order valence-corrected chi connectivity index (χ3v) is 5.50. The second-order valence-corrected chi connectivity index (χ2v) is 7.69. The van der Waals surface area contributed by atoms with Gasteiger partial charge >= 0.3 is 0 Å². The van der Waals surface area contributed by atoms with Crippen LogP contribution < -0.4 is 9.64 Å². The third kappa shape index (κ3) is 3.81. The van der Waals surface area contributed by atoms with Crippen LogP contribution in [0.4, 0.5) is 17.1 Å². The molecule has 4 aromatic carbocycles. The molecule has 0 bridgehead atoms. The first-order valence-electron chi connectivity index (χ1n) is 10.3. The van der Waals surface area contributed by atoms with E-state index in [1.807, 2.05) is 62.4 Å². The van der Waals surface area contributed by atoms with Crippen LogP contribution in [0.2, 0.25) is 0 Å². The molecule has 0 aliphatic heterocycles. The SMILES string of the molecule is Cc1cccc(N(c2ccccc2Oc2cccc(O)c2C)c2cccc(C)c2O)c1O. The van der Waals surface area contributed by atoms with Gasteiger partial charge in [0.2, 0.25) is 0 Å². The molecule has 0 aliphatic rings. The van der Waals surface area contributed by atoms with Crippen LogP contribution in [0.3, 0.4) is 0 Å². The molecule has 0 fully saturated rings. The molecule has 5 heteroatoms. The van der Waals surface area contributed by atoms with Crippen molar-refractivity contribution in [2.75, 3.05) is 4.90 Å². The predicted octanol–water partition coefficient (Wildman–Crippen LogP) is 6.99. The van der Waals surface area contributed by atoms with E-state index in [0.717, 1.165) is 0 Å². The van der Waals surface area contributed by atoms with Gasteiger partial charge in [0.05, 0.1) is 17.1 Å². The standard InChI is InChI=1S/C27H25NO4/c1-17-9-6-12-21(26(17)30)28(22-13-7-10-18(2)27(22)31)20-11-4-5-15-25(20)32-24-16-8-14-23(29)19(24)3/h4-16,29-31H,1-3H3. The Hall–Kier alpha value is -4.12. The van der Waals surface area contributed by atoms with Gasteiger partial charge in [0.1, 0.15) is 23.0 Å². The van der Waals surface area contributed by atoms with Gasteiger partial charge in [-0.25, -0.2) is 0 Å². The number of anilines is 3. The number of nitrogens with zero attached hydrogens (tertiary/aromatic N) is 1. The van der Waals surface area contributed by atoms with Crippen molar-refractivity contribution in [2.24, 2.45) is 0 Å². The molecule has 0 saturated heterocycles. The number of rotatable bonds is 5. The van der Waals surface area contributed by atoms with E-state index in [1.54, 1.807) is 42.2 Å². The molecule has 0 saturated carbocycles. The molecular weight excluding hydrogens is 402 g/mol. The highest BCUT2D eigenvalue weighted by molar-refractivity contribution is 5.86. The number of aryl methyl sites for hydroxylation is 2. The normalized spacial score (nSPS) is 10.7. The van der Waals surface area contributed by atoms with Crippen molar-refractivity contribution in [3.8, 4) is 28.7 Å². The molecule has 4 aromatic rings. The molecule has 0 aliphatic carbocycles. The number of phenolic OH excluding ortho intramolecular Hbond substituents is 3. The Balaban J connectivity index is 1.94.